The Labute approximate surface area is 172 Å². The van der Waals surface area contributed by atoms with Crippen molar-refractivity contribution < 1.29 is 9.59 Å². The summed E-state index contributed by atoms with van der Waals surface area (Å²) < 4.78 is 1.66. The van der Waals surface area contributed by atoms with Gasteiger partial charge in [0.15, 0.2) is 0 Å². The van der Waals surface area contributed by atoms with E-state index in [2.05, 4.69) is 20.8 Å². The van der Waals surface area contributed by atoms with Gasteiger partial charge in [-0.1, -0.05) is 42.1 Å². The summed E-state index contributed by atoms with van der Waals surface area (Å²) in [6, 6.07) is 13.2. The van der Waals surface area contributed by atoms with Gasteiger partial charge in [0.05, 0.1) is 22.3 Å². The highest BCUT2D eigenvalue weighted by Crippen LogP contribution is 2.32. The first-order valence-corrected chi connectivity index (χ1v) is 10.1. The number of nitrogens with zero attached hydrogens (tertiary/aromatic N) is 5. The Hall–Kier alpha value is -3.20. The second-order valence-electron chi connectivity index (χ2n) is 6.86. The van der Waals surface area contributed by atoms with Gasteiger partial charge in [0.25, 0.3) is 0 Å². The lowest BCUT2D eigenvalue weighted by molar-refractivity contribution is -0.121. The summed E-state index contributed by atoms with van der Waals surface area (Å²) in [6.45, 7) is 5.78. The molecule has 0 fully saturated rings. The van der Waals surface area contributed by atoms with Crippen LogP contribution in [0.4, 0.5) is 11.4 Å². The van der Waals surface area contributed by atoms with Crippen LogP contribution < -0.4 is 10.2 Å². The second kappa shape index (κ2) is 7.67. The van der Waals surface area contributed by atoms with E-state index in [4.69, 9.17) is 0 Å². The topological polar surface area (TPSA) is 93.0 Å². The molecule has 0 saturated carbocycles. The lowest BCUT2D eigenvalue weighted by Gasteiger charge is -2.30. The van der Waals surface area contributed by atoms with Gasteiger partial charge in [0.1, 0.15) is 6.54 Å². The number of aromatic nitrogens is 4. The van der Waals surface area contributed by atoms with Gasteiger partial charge in [-0.05, 0) is 54.5 Å². The number of benzene rings is 2. The number of aryl methyl sites for hydroxylation is 2. The fourth-order valence-corrected chi connectivity index (χ4v) is 4.25. The van der Waals surface area contributed by atoms with Crippen molar-refractivity contribution in [1.29, 1.82) is 0 Å². The van der Waals surface area contributed by atoms with Crippen LogP contribution in [0.25, 0.3) is 5.69 Å². The average Bonchev–Trinajstić information content (AvgIpc) is 3.14. The van der Waals surface area contributed by atoms with Crippen molar-refractivity contribution in [1.82, 2.24) is 20.2 Å². The van der Waals surface area contributed by atoms with E-state index >= 15 is 0 Å². The van der Waals surface area contributed by atoms with Gasteiger partial charge >= 0.3 is 0 Å². The molecule has 29 heavy (non-hydrogen) atoms. The smallest absolute Gasteiger partial charge is 0.244 e. The minimum Gasteiger partial charge on any atom is -0.323 e. The van der Waals surface area contributed by atoms with Crippen LogP contribution in [0, 0.1) is 13.8 Å². The molecule has 2 aromatic carbocycles. The number of para-hydroxylation sites is 3. The van der Waals surface area contributed by atoms with Crippen LogP contribution >= 0.6 is 11.8 Å². The fraction of sp³-hybridized carbons (Fsp3) is 0.250. The molecule has 2 amide bonds. The second-order valence-corrected chi connectivity index (χ2v) is 8.17. The molecule has 1 N–H and O–H groups in total. The van der Waals surface area contributed by atoms with Crippen molar-refractivity contribution in [3.8, 4) is 5.69 Å². The fourth-order valence-electron chi connectivity index (χ4n) is 3.39. The summed E-state index contributed by atoms with van der Waals surface area (Å²) in [5, 5.41) is 14.9. The van der Waals surface area contributed by atoms with E-state index in [9.17, 15) is 9.59 Å². The van der Waals surface area contributed by atoms with Crippen molar-refractivity contribution in [3.05, 3.63) is 53.6 Å². The highest BCUT2D eigenvalue weighted by Gasteiger charge is 2.31. The third-order valence-electron chi connectivity index (χ3n) is 4.76. The van der Waals surface area contributed by atoms with Crippen molar-refractivity contribution in [2.24, 2.45) is 0 Å². The van der Waals surface area contributed by atoms with E-state index in [1.165, 1.54) is 16.7 Å². The molecule has 8 nitrogen and oxygen atoms in total. The average molecular weight is 408 g/mol. The van der Waals surface area contributed by atoms with Gasteiger partial charge in [0.2, 0.25) is 17.0 Å². The van der Waals surface area contributed by atoms with Gasteiger partial charge in [-0.25, -0.2) is 0 Å². The van der Waals surface area contributed by atoms with Crippen LogP contribution in [0.5, 0.6) is 0 Å². The largest absolute Gasteiger partial charge is 0.323 e. The lowest BCUT2D eigenvalue weighted by atomic mass is 10.1. The Morgan fingerprint density at radius 3 is 2.62 bits per heavy atom. The summed E-state index contributed by atoms with van der Waals surface area (Å²) in [5.41, 5.74) is 4.32. The SMILES string of the molecule is Cc1cccc(C)c1-n1nnnc1S[C@@H](C)C(=O)N1CC(=O)Nc2ccccc21. The maximum absolute atomic E-state index is 13.2. The summed E-state index contributed by atoms with van der Waals surface area (Å²) in [4.78, 5) is 26.7. The van der Waals surface area contributed by atoms with Gasteiger partial charge in [-0.2, -0.15) is 4.68 Å². The van der Waals surface area contributed by atoms with Crippen molar-refractivity contribution in [3.63, 3.8) is 0 Å². The molecule has 0 saturated heterocycles. The minimum atomic E-state index is -0.483. The van der Waals surface area contributed by atoms with E-state index in [0.717, 1.165) is 16.8 Å². The zero-order chi connectivity index (χ0) is 20.5. The number of tetrazole rings is 1. The monoisotopic (exact) mass is 408 g/mol. The minimum absolute atomic E-state index is 0.0113. The normalized spacial score (nSPS) is 14.3. The molecule has 0 spiro atoms. The van der Waals surface area contributed by atoms with Gasteiger partial charge < -0.3 is 5.32 Å². The van der Waals surface area contributed by atoms with Crippen LogP contribution in [-0.4, -0.2) is 43.8 Å². The molecular formula is C20H20N6O2S. The Kier molecular flexibility index (Phi) is 5.06. The zero-order valence-electron chi connectivity index (χ0n) is 16.3. The predicted molar refractivity (Wildman–Crippen MR) is 111 cm³/mol. The number of anilines is 2. The summed E-state index contributed by atoms with van der Waals surface area (Å²) in [6.07, 6.45) is 0. The molecule has 4 rings (SSSR count). The number of hydrogen-bond acceptors (Lipinski definition) is 6. The maximum Gasteiger partial charge on any atom is 0.244 e. The molecule has 9 heteroatoms. The van der Waals surface area contributed by atoms with Gasteiger partial charge in [0, 0.05) is 0 Å². The van der Waals surface area contributed by atoms with E-state index in [1.807, 2.05) is 50.2 Å². The lowest BCUT2D eigenvalue weighted by Crippen LogP contribution is -2.45. The Morgan fingerprint density at radius 1 is 1.14 bits per heavy atom. The number of fused-ring (bicyclic) bond motifs is 1. The number of carbonyl (C=O) groups excluding carboxylic acids is 2. The number of carbonyl (C=O) groups is 2. The number of hydrogen-bond donors (Lipinski definition) is 1. The van der Waals surface area contributed by atoms with Crippen molar-refractivity contribution >= 4 is 35.0 Å². The third kappa shape index (κ3) is 3.61. The number of rotatable bonds is 4. The molecule has 148 valence electrons. The standard InChI is InChI=1S/C20H20N6O2S/c1-12-7-6-8-13(2)18(12)26-20(22-23-24-26)29-14(3)19(28)25-11-17(27)21-15-9-4-5-10-16(15)25/h4-10,14H,11H2,1-3H3,(H,21,27)/t14-/m0/s1. The van der Waals surface area contributed by atoms with Gasteiger partial charge in [-0.3, -0.25) is 14.5 Å². The van der Waals surface area contributed by atoms with E-state index < -0.39 is 5.25 Å². The molecule has 0 bridgehead atoms. The predicted octanol–water partition coefficient (Wildman–Crippen LogP) is 2.75. The highest BCUT2D eigenvalue weighted by atomic mass is 32.2. The summed E-state index contributed by atoms with van der Waals surface area (Å²) in [5.74, 6) is -0.386. The molecule has 0 radical (unpaired) electrons. The Morgan fingerprint density at radius 2 is 1.86 bits per heavy atom. The Balaban J connectivity index is 1.60. The Bertz CT molecular complexity index is 1080. The maximum atomic E-state index is 13.2. The van der Waals surface area contributed by atoms with Crippen molar-refractivity contribution in [2.75, 3.05) is 16.8 Å². The van der Waals surface area contributed by atoms with E-state index in [-0.39, 0.29) is 18.4 Å². The quantitative estimate of drug-likeness (QED) is 0.668. The summed E-state index contributed by atoms with van der Waals surface area (Å²) in [7, 11) is 0. The first-order chi connectivity index (χ1) is 14.0. The van der Waals surface area contributed by atoms with Crippen LogP contribution in [0.2, 0.25) is 0 Å². The third-order valence-corrected chi connectivity index (χ3v) is 5.78. The van der Waals surface area contributed by atoms with Crippen LogP contribution in [0.3, 0.4) is 0 Å². The number of nitrogens with one attached hydrogen (secondary N) is 1. The molecule has 1 aromatic heterocycles. The highest BCUT2D eigenvalue weighted by molar-refractivity contribution is 8.00. The molecule has 1 aliphatic heterocycles. The number of amides is 2. The van der Waals surface area contributed by atoms with Crippen molar-refractivity contribution in [2.45, 2.75) is 31.2 Å². The van der Waals surface area contributed by atoms with Crippen LogP contribution in [0.1, 0.15) is 18.1 Å². The van der Waals surface area contributed by atoms with E-state index in [1.54, 1.807) is 17.7 Å². The summed E-state index contributed by atoms with van der Waals surface area (Å²) >= 11 is 1.27. The molecule has 2 heterocycles. The van der Waals surface area contributed by atoms with Crippen LogP contribution in [0.15, 0.2) is 47.6 Å². The van der Waals surface area contributed by atoms with E-state index in [0.29, 0.717) is 16.5 Å². The molecule has 0 aliphatic carbocycles. The molecule has 3 aromatic rings. The van der Waals surface area contributed by atoms with Crippen LogP contribution in [-0.2, 0) is 9.59 Å². The first-order valence-electron chi connectivity index (χ1n) is 9.17. The molecule has 1 atom stereocenters. The number of thioether (sulfide) groups is 1. The zero-order valence-corrected chi connectivity index (χ0v) is 17.1. The first kappa shape index (κ1) is 19.1. The molecule has 0 unspecified atom stereocenters. The molecule has 1 aliphatic rings. The molecular weight excluding hydrogens is 388 g/mol. The van der Waals surface area contributed by atoms with Gasteiger partial charge in [-0.15, -0.1) is 5.10 Å².